The van der Waals surface area contributed by atoms with Crippen molar-refractivity contribution in [3.05, 3.63) is 0 Å². The molecular weight excluding hydrogens is 310 g/mol. The largest absolute Gasteiger partial charge is 0.444 e. The van der Waals surface area contributed by atoms with Gasteiger partial charge in [-0.2, -0.15) is 0 Å². The van der Waals surface area contributed by atoms with Crippen molar-refractivity contribution in [1.82, 2.24) is 14.7 Å². The van der Waals surface area contributed by atoms with Gasteiger partial charge in [-0.3, -0.25) is 0 Å². The normalized spacial score (nSPS) is 20.0. The lowest BCUT2D eigenvalue weighted by molar-refractivity contribution is 0.0168. The number of carbonyl (C=O) groups excluding carboxylic acids is 2. The summed E-state index contributed by atoms with van der Waals surface area (Å²) >= 11 is 0. The van der Waals surface area contributed by atoms with Crippen LogP contribution in [0, 0.1) is 5.92 Å². The Balaban J connectivity index is 1.74. The molecule has 2 rings (SSSR count). The number of hydrogen-bond donors (Lipinski definition) is 0. The van der Waals surface area contributed by atoms with E-state index in [0.717, 1.165) is 19.4 Å². The minimum absolute atomic E-state index is 0.0767. The number of rotatable bonds is 2. The maximum atomic E-state index is 12.4. The van der Waals surface area contributed by atoms with Gasteiger partial charge in [-0.25, -0.2) is 9.59 Å². The van der Waals surface area contributed by atoms with E-state index in [4.69, 9.17) is 9.47 Å². The van der Waals surface area contributed by atoms with Crippen molar-refractivity contribution in [3.8, 4) is 0 Å². The minimum atomic E-state index is -0.460. The molecule has 7 nitrogen and oxygen atoms in total. The van der Waals surface area contributed by atoms with Crippen LogP contribution in [-0.4, -0.2) is 85.4 Å². The van der Waals surface area contributed by atoms with Gasteiger partial charge in [0.1, 0.15) is 5.60 Å². The first-order valence-corrected chi connectivity index (χ1v) is 8.82. The molecule has 2 saturated heterocycles. The summed E-state index contributed by atoms with van der Waals surface area (Å²) in [5.41, 5.74) is -0.460. The van der Waals surface area contributed by atoms with Gasteiger partial charge < -0.3 is 24.2 Å². The molecule has 2 fully saturated rings. The van der Waals surface area contributed by atoms with Crippen LogP contribution in [0.4, 0.5) is 9.59 Å². The summed E-state index contributed by atoms with van der Waals surface area (Å²) < 4.78 is 10.7. The van der Waals surface area contributed by atoms with E-state index >= 15 is 0 Å². The van der Waals surface area contributed by atoms with Crippen molar-refractivity contribution in [3.63, 3.8) is 0 Å². The average molecular weight is 341 g/mol. The van der Waals surface area contributed by atoms with Crippen molar-refractivity contribution in [2.45, 2.75) is 39.2 Å². The van der Waals surface area contributed by atoms with Crippen LogP contribution in [0.2, 0.25) is 0 Å². The second-order valence-corrected chi connectivity index (χ2v) is 7.67. The fourth-order valence-corrected chi connectivity index (χ4v) is 3.09. The molecule has 0 aromatic heterocycles. The SMILES string of the molecule is CN(CC1CCN(C(=O)OC(C)(C)C)CC1)C(=O)N1CCOCC1. The Hall–Kier alpha value is -1.50. The molecular formula is C17H31N3O4. The van der Waals surface area contributed by atoms with E-state index in [-0.39, 0.29) is 12.1 Å². The zero-order valence-electron chi connectivity index (χ0n) is 15.4. The first kappa shape index (κ1) is 18.8. The van der Waals surface area contributed by atoms with E-state index in [1.165, 1.54) is 0 Å². The molecule has 0 N–H and O–H groups in total. The van der Waals surface area contributed by atoms with Gasteiger partial charge in [0.05, 0.1) is 13.2 Å². The lowest BCUT2D eigenvalue weighted by atomic mass is 9.96. The summed E-state index contributed by atoms with van der Waals surface area (Å²) in [7, 11) is 1.86. The lowest BCUT2D eigenvalue weighted by Crippen LogP contribution is -2.49. The van der Waals surface area contributed by atoms with Crippen LogP contribution in [0.3, 0.4) is 0 Å². The number of ether oxygens (including phenoxy) is 2. The number of amides is 3. The van der Waals surface area contributed by atoms with Gasteiger partial charge in [0.15, 0.2) is 0 Å². The molecule has 0 aromatic carbocycles. The van der Waals surface area contributed by atoms with Crippen LogP contribution >= 0.6 is 0 Å². The highest BCUT2D eigenvalue weighted by molar-refractivity contribution is 5.74. The van der Waals surface area contributed by atoms with Crippen LogP contribution < -0.4 is 0 Å². The summed E-state index contributed by atoms with van der Waals surface area (Å²) in [5.74, 6) is 0.429. The van der Waals surface area contributed by atoms with Gasteiger partial charge >= 0.3 is 12.1 Å². The monoisotopic (exact) mass is 341 g/mol. The number of urea groups is 1. The first-order valence-electron chi connectivity index (χ1n) is 8.82. The fourth-order valence-electron chi connectivity index (χ4n) is 3.09. The number of morpholine rings is 1. The minimum Gasteiger partial charge on any atom is -0.444 e. The predicted octanol–water partition coefficient (Wildman–Crippen LogP) is 2.02. The Morgan fingerprint density at radius 1 is 1.08 bits per heavy atom. The number of piperidine rings is 1. The Morgan fingerprint density at radius 3 is 2.21 bits per heavy atom. The lowest BCUT2D eigenvalue weighted by Gasteiger charge is -2.36. The van der Waals surface area contributed by atoms with E-state index in [1.54, 1.807) is 9.80 Å². The predicted molar refractivity (Wildman–Crippen MR) is 90.9 cm³/mol. The molecule has 24 heavy (non-hydrogen) atoms. The smallest absolute Gasteiger partial charge is 0.410 e. The maximum absolute atomic E-state index is 12.4. The summed E-state index contributed by atoms with van der Waals surface area (Å²) in [6.07, 6.45) is 1.57. The topological polar surface area (TPSA) is 62.3 Å². The second-order valence-electron chi connectivity index (χ2n) is 7.67. The molecule has 7 heteroatoms. The van der Waals surface area contributed by atoms with E-state index in [0.29, 0.717) is 45.3 Å². The Bertz CT molecular complexity index is 436. The van der Waals surface area contributed by atoms with Crippen LogP contribution in [0.5, 0.6) is 0 Å². The highest BCUT2D eigenvalue weighted by atomic mass is 16.6. The summed E-state index contributed by atoms with van der Waals surface area (Å²) in [5, 5.41) is 0. The Kier molecular flexibility index (Phi) is 6.32. The van der Waals surface area contributed by atoms with Gasteiger partial charge in [-0.15, -0.1) is 0 Å². The second kappa shape index (κ2) is 8.05. The molecule has 3 amide bonds. The van der Waals surface area contributed by atoms with Crippen molar-refractivity contribution in [2.75, 3.05) is 53.0 Å². The van der Waals surface area contributed by atoms with Crippen molar-refractivity contribution in [1.29, 1.82) is 0 Å². The molecule has 0 unspecified atom stereocenters. The van der Waals surface area contributed by atoms with Gasteiger partial charge in [-0.05, 0) is 39.5 Å². The standard InChI is InChI=1S/C17H31N3O4/c1-17(2,3)24-16(22)20-7-5-14(6-8-20)13-18(4)15(21)19-9-11-23-12-10-19/h14H,5-13H2,1-4H3. The van der Waals surface area contributed by atoms with E-state index in [2.05, 4.69) is 0 Å². The Morgan fingerprint density at radius 2 is 1.67 bits per heavy atom. The van der Waals surface area contributed by atoms with E-state index in [9.17, 15) is 9.59 Å². The number of nitrogens with zero attached hydrogens (tertiary/aromatic N) is 3. The first-order chi connectivity index (χ1) is 11.3. The van der Waals surface area contributed by atoms with Crippen molar-refractivity contribution < 1.29 is 19.1 Å². The molecule has 0 aliphatic carbocycles. The number of carbonyl (C=O) groups is 2. The molecule has 2 aliphatic heterocycles. The Labute approximate surface area is 144 Å². The van der Waals surface area contributed by atoms with Gasteiger partial charge in [0, 0.05) is 39.8 Å². The number of likely N-dealkylation sites (tertiary alicyclic amines) is 1. The molecule has 2 heterocycles. The van der Waals surface area contributed by atoms with Crippen molar-refractivity contribution in [2.24, 2.45) is 5.92 Å². The maximum Gasteiger partial charge on any atom is 0.410 e. The summed E-state index contributed by atoms with van der Waals surface area (Å²) in [4.78, 5) is 29.9. The average Bonchev–Trinajstić information content (AvgIpc) is 2.54. The third kappa shape index (κ3) is 5.54. The molecule has 0 saturated carbocycles. The molecule has 0 atom stereocenters. The highest BCUT2D eigenvalue weighted by Gasteiger charge is 2.29. The van der Waals surface area contributed by atoms with Crippen LogP contribution in [-0.2, 0) is 9.47 Å². The van der Waals surface area contributed by atoms with E-state index < -0.39 is 5.60 Å². The van der Waals surface area contributed by atoms with Crippen LogP contribution in [0.25, 0.3) is 0 Å². The molecule has 2 aliphatic rings. The molecule has 138 valence electrons. The quantitative estimate of drug-likeness (QED) is 0.771. The third-order valence-corrected chi connectivity index (χ3v) is 4.41. The van der Waals surface area contributed by atoms with Crippen molar-refractivity contribution >= 4 is 12.1 Å². The van der Waals surface area contributed by atoms with Gasteiger partial charge in [0.25, 0.3) is 0 Å². The molecule has 0 aromatic rings. The zero-order valence-corrected chi connectivity index (χ0v) is 15.4. The molecule has 0 radical (unpaired) electrons. The fraction of sp³-hybridized carbons (Fsp3) is 0.882. The third-order valence-electron chi connectivity index (χ3n) is 4.41. The van der Waals surface area contributed by atoms with Crippen LogP contribution in [0.15, 0.2) is 0 Å². The van der Waals surface area contributed by atoms with Crippen LogP contribution in [0.1, 0.15) is 33.6 Å². The zero-order chi connectivity index (χ0) is 17.7. The number of hydrogen-bond acceptors (Lipinski definition) is 4. The molecule has 0 spiro atoms. The van der Waals surface area contributed by atoms with Gasteiger partial charge in [-0.1, -0.05) is 0 Å². The van der Waals surface area contributed by atoms with Gasteiger partial charge in [0.2, 0.25) is 0 Å². The highest BCUT2D eigenvalue weighted by Crippen LogP contribution is 2.20. The van der Waals surface area contributed by atoms with E-state index in [1.807, 2.05) is 32.7 Å². The summed E-state index contributed by atoms with van der Waals surface area (Å²) in [6, 6.07) is 0.0767. The molecule has 0 bridgehead atoms. The summed E-state index contributed by atoms with van der Waals surface area (Å²) in [6.45, 7) is 10.3.